The fraction of sp³-hybridized carbons (Fsp3) is 0.500. The Bertz CT molecular complexity index is 629. The molecule has 3 atom stereocenters. The molecular formula is C12H13F3O7S. The zero-order valence-corrected chi connectivity index (χ0v) is 12.2. The summed E-state index contributed by atoms with van der Waals surface area (Å²) in [6.45, 7) is -0.526. The first-order valence-corrected chi connectivity index (χ1v) is 7.71. The van der Waals surface area contributed by atoms with Crippen LogP contribution in [0.2, 0.25) is 0 Å². The van der Waals surface area contributed by atoms with E-state index in [1.54, 1.807) is 0 Å². The molecule has 0 radical (unpaired) electrons. The summed E-state index contributed by atoms with van der Waals surface area (Å²) in [5, 5.41) is 18.4. The van der Waals surface area contributed by atoms with Crippen molar-refractivity contribution in [1.29, 1.82) is 0 Å². The van der Waals surface area contributed by atoms with Gasteiger partial charge in [0.25, 0.3) is 0 Å². The van der Waals surface area contributed by atoms with Gasteiger partial charge in [0.2, 0.25) is 0 Å². The van der Waals surface area contributed by atoms with Crippen LogP contribution in [0.4, 0.5) is 13.2 Å². The number of hydrogen-bond acceptors (Lipinski definition) is 7. The highest BCUT2D eigenvalue weighted by Crippen LogP contribution is 2.30. The van der Waals surface area contributed by atoms with E-state index in [2.05, 4.69) is 4.18 Å². The van der Waals surface area contributed by atoms with Crippen LogP contribution in [0.25, 0.3) is 0 Å². The summed E-state index contributed by atoms with van der Waals surface area (Å²) in [5.41, 5.74) is -5.07. The van der Waals surface area contributed by atoms with Gasteiger partial charge in [-0.05, 0) is 17.7 Å². The Morgan fingerprint density at radius 2 is 1.87 bits per heavy atom. The van der Waals surface area contributed by atoms with E-state index in [-0.39, 0.29) is 6.61 Å². The Kier molecular flexibility index (Phi) is 5.16. The number of aliphatic hydroxyl groups excluding tert-OH is 2. The zero-order valence-electron chi connectivity index (χ0n) is 11.4. The van der Waals surface area contributed by atoms with E-state index in [4.69, 9.17) is 14.6 Å². The quantitative estimate of drug-likeness (QED) is 0.603. The van der Waals surface area contributed by atoms with Gasteiger partial charge < -0.3 is 23.9 Å². The molecule has 1 fully saturated rings. The van der Waals surface area contributed by atoms with E-state index in [0.717, 1.165) is 12.1 Å². The maximum Gasteiger partial charge on any atom is 0.534 e. The monoisotopic (exact) mass is 358 g/mol. The molecule has 1 aromatic rings. The summed E-state index contributed by atoms with van der Waals surface area (Å²) in [6.07, 6.45) is -2.92. The first-order valence-electron chi connectivity index (χ1n) is 6.31. The molecule has 0 aliphatic carbocycles. The SMILES string of the molecule is O=S(=O)(Oc1ccc([C@@H]2COC(O)[C@H](CO)O2)cc1)C(F)(F)F. The van der Waals surface area contributed by atoms with Crippen LogP contribution in [0.15, 0.2) is 24.3 Å². The lowest BCUT2D eigenvalue weighted by Crippen LogP contribution is -2.42. The molecule has 2 N–H and O–H groups in total. The number of hydrogen-bond donors (Lipinski definition) is 2. The van der Waals surface area contributed by atoms with Crippen LogP contribution < -0.4 is 4.18 Å². The van der Waals surface area contributed by atoms with Crippen LogP contribution in [0.3, 0.4) is 0 Å². The van der Waals surface area contributed by atoms with Gasteiger partial charge in [0, 0.05) is 0 Å². The summed E-state index contributed by atoms with van der Waals surface area (Å²) in [7, 11) is -5.73. The van der Waals surface area contributed by atoms with Crippen LogP contribution in [0.5, 0.6) is 5.75 Å². The molecule has 0 bridgehead atoms. The molecular weight excluding hydrogens is 345 g/mol. The van der Waals surface area contributed by atoms with Gasteiger partial charge in [-0.2, -0.15) is 21.6 Å². The summed E-state index contributed by atoms with van der Waals surface area (Å²) in [5.74, 6) is -0.512. The smallest absolute Gasteiger partial charge is 0.393 e. The van der Waals surface area contributed by atoms with Gasteiger partial charge in [0.05, 0.1) is 13.2 Å². The van der Waals surface area contributed by atoms with Gasteiger partial charge in [-0.15, -0.1) is 0 Å². The van der Waals surface area contributed by atoms with E-state index in [1.807, 2.05) is 0 Å². The molecule has 1 unspecified atom stereocenters. The van der Waals surface area contributed by atoms with Crippen molar-refractivity contribution >= 4 is 10.1 Å². The standard InChI is InChI=1S/C12H13F3O7S/c13-12(14,15)23(18,19)22-8-3-1-7(2-4-8)10-6-20-11(17)9(5-16)21-10/h1-4,9-11,16-17H,5-6H2/t9-,10-,11?/m0/s1. The molecule has 1 heterocycles. The maximum absolute atomic E-state index is 12.2. The van der Waals surface area contributed by atoms with Crippen LogP contribution >= 0.6 is 0 Å². The number of alkyl halides is 3. The average Bonchev–Trinajstić information content (AvgIpc) is 2.47. The number of halogens is 3. The zero-order chi connectivity index (χ0) is 17.3. The largest absolute Gasteiger partial charge is 0.534 e. The molecule has 1 aromatic carbocycles. The van der Waals surface area contributed by atoms with E-state index >= 15 is 0 Å². The summed E-state index contributed by atoms with van der Waals surface area (Å²) in [4.78, 5) is 0. The predicted molar refractivity (Wildman–Crippen MR) is 68.7 cm³/mol. The summed E-state index contributed by atoms with van der Waals surface area (Å²) >= 11 is 0. The highest BCUT2D eigenvalue weighted by atomic mass is 32.2. The molecule has 1 aliphatic rings. The topological polar surface area (TPSA) is 102 Å². The van der Waals surface area contributed by atoms with Gasteiger partial charge >= 0.3 is 15.6 Å². The summed E-state index contributed by atoms with van der Waals surface area (Å²) in [6, 6.07) is 4.64. The lowest BCUT2D eigenvalue weighted by Gasteiger charge is -2.33. The Hall–Kier alpha value is -1.40. The molecule has 0 spiro atoms. The van der Waals surface area contributed by atoms with Crippen molar-refractivity contribution in [3.05, 3.63) is 29.8 Å². The molecule has 0 aromatic heterocycles. The molecule has 130 valence electrons. The van der Waals surface area contributed by atoms with E-state index in [0.29, 0.717) is 5.56 Å². The molecule has 0 saturated carbocycles. The van der Waals surface area contributed by atoms with Crippen molar-refractivity contribution in [1.82, 2.24) is 0 Å². The minimum absolute atomic E-state index is 0.0429. The van der Waals surface area contributed by atoms with Gasteiger partial charge in [0.1, 0.15) is 18.0 Å². The molecule has 23 heavy (non-hydrogen) atoms. The number of ether oxygens (including phenoxy) is 2. The van der Waals surface area contributed by atoms with Crippen molar-refractivity contribution in [2.45, 2.75) is 24.0 Å². The van der Waals surface area contributed by atoms with E-state index in [9.17, 15) is 26.7 Å². The van der Waals surface area contributed by atoms with Gasteiger partial charge in [-0.1, -0.05) is 12.1 Å². The van der Waals surface area contributed by atoms with Crippen LogP contribution in [-0.4, -0.2) is 49.7 Å². The molecule has 2 rings (SSSR count). The van der Waals surface area contributed by atoms with Crippen LogP contribution in [0, 0.1) is 0 Å². The number of benzene rings is 1. The van der Waals surface area contributed by atoms with Crippen molar-refractivity contribution in [2.24, 2.45) is 0 Å². The lowest BCUT2D eigenvalue weighted by molar-refractivity contribution is -0.261. The minimum atomic E-state index is -5.73. The van der Waals surface area contributed by atoms with Crippen LogP contribution in [0.1, 0.15) is 11.7 Å². The molecule has 11 heteroatoms. The minimum Gasteiger partial charge on any atom is -0.393 e. The van der Waals surface area contributed by atoms with Gasteiger partial charge in [-0.25, -0.2) is 0 Å². The fourth-order valence-electron chi connectivity index (χ4n) is 1.83. The highest BCUT2D eigenvalue weighted by Gasteiger charge is 2.48. The lowest BCUT2D eigenvalue weighted by atomic mass is 10.1. The van der Waals surface area contributed by atoms with Gasteiger partial charge in [-0.3, -0.25) is 0 Å². The van der Waals surface area contributed by atoms with Crippen LogP contribution in [-0.2, 0) is 19.6 Å². The molecule has 1 saturated heterocycles. The Morgan fingerprint density at radius 3 is 2.39 bits per heavy atom. The number of rotatable bonds is 4. The normalized spacial score (nSPS) is 26.0. The van der Waals surface area contributed by atoms with Crippen molar-refractivity contribution in [3.8, 4) is 5.75 Å². The first kappa shape index (κ1) is 17.9. The van der Waals surface area contributed by atoms with Gasteiger partial charge in [0.15, 0.2) is 6.29 Å². The first-order chi connectivity index (χ1) is 10.6. The Morgan fingerprint density at radius 1 is 1.26 bits per heavy atom. The predicted octanol–water partition coefficient (Wildman–Crippen LogP) is 0.682. The second kappa shape index (κ2) is 6.61. The third-order valence-electron chi connectivity index (χ3n) is 3.00. The highest BCUT2D eigenvalue weighted by molar-refractivity contribution is 7.87. The fourth-order valence-corrected chi connectivity index (χ4v) is 2.29. The maximum atomic E-state index is 12.2. The Labute approximate surface area is 129 Å². The molecule has 7 nitrogen and oxygen atoms in total. The van der Waals surface area contributed by atoms with Crippen molar-refractivity contribution < 1.29 is 45.5 Å². The number of aliphatic hydroxyl groups is 2. The average molecular weight is 358 g/mol. The van der Waals surface area contributed by atoms with E-state index in [1.165, 1.54) is 12.1 Å². The van der Waals surface area contributed by atoms with Crippen molar-refractivity contribution in [2.75, 3.05) is 13.2 Å². The second-order valence-corrected chi connectivity index (χ2v) is 6.16. The van der Waals surface area contributed by atoms with E-state index < -0.39 is 46.5 Å². The third kappa shape index (κ3) is 4.12. The third-order valence-corrected chi connectivity index (χ3v) is 3.98. The summed E-state index contributed by atoms with van der Waals surface area (Å²) < 4.78 is 72.7. The molecule has 0 amide bonds. The molecule has 1 aliphatic heterocycles. The second-order valence-electron chi connectivity index (χ2n) is 4.62. The van der Waals surface area contributed by atoms with Crippen molar-refractivity contribution in [3.63, 3.8) is 0 Å². The Balaban J connectivity index is 2.08.